The second-order valence-corrected chi connectivity index (χ2v) is 3.51. The lowest BCUT2D eigenvalue weighted by atomic mass is 10.1. The molecule has 0 radical (unpaired) electrons. The first-order valence-electron chi connectivity index (χ1n) is 5.73. The highest BCUT2D eigenvalue weighted by Gasteiger charge is 2.11. The van der Waals surface area contributed by atoms with Crippen molar-refractivity contribution in [2.45, 2.75) is 20.3 Å². The highest BCUT2D eigenvalue weighted by molar-refractivity contribution is 5.67. The number of hydrogen-bond acceptors (Lipinski definition) is 2. The normalized spacial score (nSPS) is 9.88. The zero-order valence-electron chi connectivity index (χ0n) is 9.98. The molecular weight excluding hydrogens is 202 g/mol. The minimum Gasteiger partial charge on any atom is -0.450 e. The Kier molecular flexibility index (Phi) is 5.40. The summed E-state index contributed by atoms with van der Waals surface area (Å²) < 4.78 is 4.97. The first-order valence-corrected chi connectivity index (χ1v) is 5.73. The minimum absolute atomic E-state index is 0.221. The maximum Gasteiger partial charge on any atom is 0.409 e. The van der Waals surface area contributed by atoms with Gasteiger partial charge in [-0.15, -0.1) is 0 Å². The van der Waals surface area contributed by atoms with Gasteiger partial charge in [-0.25, -0.2) is 4.79 Å². The van der Waals surface area contributed by atoms with Gasteiger partial charge >= 0.3 is 6.09 Å². The molecule has 1 amide bonds. The van der Waals surface area contributed by atoms with Crippen LogP contribution in [0.5, 0.6) is 0 Å². The Balaban J connectivity index is 2.43. The van der Waals surface area contributed by atoms with Crippen molar-refractivity contribution in [2.24, 2.45) is 0 Å². The molecule has 0 fully saturated rings. The lowest BCUT2D eigenvalue weighted by Gasteiger charge is -2.19. The van der Waals surface area contributed by atoms with Crippen LogP contribution >= 0.6 is 0 Å². The van der Waals surface area contributed by atoms with E-state index in [0.29, 0.717) is 19.7 Å². The molecule has 0 saturated heterocycles. The van der Waals surface area contributed by atoms with Gasteiger partial charge < -0.3 is 9.64 Å². The summed E-state index contributed by atoms with van der Waals surface area (Å²) in [7, 11) is 0. The largest absolute Gasteiger partial charge is 0.450 e. The van der Waals surface area contributed by atoms with Crippen molar-refractivity contribution in [3.05, 3.63) is 35.9 Å². The first-order chi connectivity index (χ1) is 7.77. The Morgan fingerprint density at radius 3 is 2.50 bits per heavy atom. The van der Waals surface area contributed by atoms with E-state index in [2.05, 4.69) is 12.1 Å². The Bertz CT molecular complexity index is 311. The van der Waals surface area contributed by atoms with E-state index in [1.807, 2.05) is 32.0 Å². The smallest absolute Gasteiger partial charge is 0.409 e. The number of hydrogen-bond donors (Lipinski definition) is 0. The van der Waals surface area contributed by atoms with Crippen LogP contribution in [0.4, 0.5) is 4.79 Å². The van der Waals surface area contributed by atoms with Crippen LogP contribution in [0.15, 0.2) is 30.3 Å². The third-order valence-corrected chi connectivity index (χ3v) is 2.42. The van der Waals surface area contributed by atoms with Crippen LogP contribution in [0.2, 0.25) is 0 Å². The van der Waals surface area contributed by atoms with E-state index >= 15 is 0 Å². The van der Waals surface area contributed by atoms with Gasteiger partial charge in [0.2, 0.25) is 0 Å². The van der Waals surface area contributed by atoms with Gasteiger partial charge in [-0.2, -0.15) is 0 Å². The van der Waals surface area contributed by atoms with Gasteiger partial charge in [0.05, 0.1) is 6.61 Å². The van der Waals surface area contributed by atoms with Crippen molar-refractivity contribution in [1.29, 1.82) is 0 Å². The Labute approximate surface area is 97.0 Å². The van der Waals surface area contributed by atoms with Crippen molar-refractivity contribution in [3.63, 3.8) is 0 Å². The molecule has 16 heavy (non-hydrogen) atoms. The molecule has 0 spiro atoms. The van der Waals surface area contributed by atoms with Gasteiger partial charge in [0.25, 0.3) is 0 Å². The molecule has 0 saturated carbocycles. The van der Waals surface area contributed by atoms with E-state index < -0.39 is 0 Å². The van der Waals surface area contributed by atoms with E-state index in [4.69, 9.17) is 4.74 Å². The van der Waals surface area contributed by atoms with E-state index in [1.54, 1.807) is 4.90 Å². The number of carbonyl (C=O) groups is 1. The summed E-state index contributed by atoms with van der Waals surface area (Å²) in [4.78, 5) is 13.2. The van der Waals surface area contributed by atoms with Crippen LogP contribution < -0.4 is 0 Å². The van der Waals surface area contributed by atoms with Crippen molar-refractivity contribution in [3.8, 4) is 0 Å². The van der Waals surface area contributed by atoms with Crippen LogP contribution in [-0.2, 0) is 11.2 Å². The Morgan fingerprint density at radius 2 is 1.94 bits per heavy atom. The molecule has 0 aliphatic carbocycles. The number of rotatable bonds is 5. The molecule has 0 unspecified atom stereocenters. The monoisotopic (exact) mass is 221 g/mol. The maximum atomic E-state index is 11.5. The fourth-order valence-electron chi connectivity index (χ4n) is 1.50. The first kappa shape index (κ1) is 12.6. The van der Waals surface area contributed by atoms with Crippen molar-refractivity contribution >= 4 is 6.09 Å². The number of nitrogens with zero attached hydrogens (tertiary/aromatic N) is 1. The zero-order chi connectivity index (χ0) is 11.8. The summed E-state index contributed by atoms with van der Waals surface area (Å²) in [6, 6.07) is 10.1. The lowest BCUT2D eigenvalue weighted by molar-refractivity contribution is 0.109. The van der Waals surface area contributed by atoms with Gasteiger partial charge in [0.15, 0.2) is 0 Å². The Hall–Kier alpha value is -1.51. The molecule has 0 N–H and O–H groups in total. The molecule has 88 valence electrons. The average Bonchev–Trinajstić information content (AvgIpc) is 2.31. The Morgan fingerprint density at radius 1 is 1.25 bits per heavy atom. The van der Waals surface area contributed by atoms with Crippen LogP contribution in [-0.4, -0.2) is 30.7 Å². The number of ether oxygens (including phenoxy) is 1. The molecule has 1 rings (SSSR count). The summed E-state index contributed by atoms with van der Waals surface area (Å²) in [6.07, 6.45) is 0.647. The molecule has 0 aliphatic heterocycles. The molecule has 1 aromatic rings. The van der Waals surface area contributed by atoms with E-state index in [0.717, 1.165) is 6.42 Å². The average molecular weight is 221 g/mol. The fraction of sp³-hybridized carbons (Fsp3) is 0.462. The van der Waals surface area contributed by atoms with Crippen LogP contribution in [0.3, 0.4) is 0 Å². The molecule has 1 aromatic carbocycles. The van der Waals surface area contributed by atoms with Crippen molar-refractivity contribution in [2.75, 3.05) is 19.7 Å². The van der Waals surface area contributed by atoms with Crippen molar-refractivity contribution in [1.82, 2.24) is 4.90 Å². The van der Waals surface area contributed by atoms with Crippen molar-refractivity contribution < 1.29 is 9.53 Å². The molecule has 3 heteroatoms. The van der Waals surface area contributed by atoms with Gasteiger partial charge in [-0.05, 0) is 25.8 Å². The SMILES string of the molecule is CCOC(=O)N(CC)CCc1ccccc1. The lowest BCUT2D eigenvalue weighted by Crippen LogP contribution is -2.33. The summed E-state index contributed by atoms with van der Waals surface area (Å²) in [6.45, 7) is 5.61. The second-order valence-electron chi connectivity index (χ2n) is 3.51. The second kappa shape index (κ2) is 6.88. The van der Waals surface area contributed by atoms with Crippen LogP contribution in [0, 0.1) is 0 Å². The fourth-order valence-corrected chi connectivity index (χ4v) is 1.50. The molecule has 0 atom stereocenters. The quantitative estimate of drug-likeness (QED) is 0.765. The maximum absolute atomic E-state index is 11.5. The summed E-state index contributed by atoms with van der Waals surface area (Å²) in [5, 5.41) is 0. The predicted octanol–water partition coefficient (Wildman–Crippen LogP) is 2.71. The molecule has 0 bridgehead atoms. The number of benzene rings is 1. The van der Waals surface area contributed by atoms with Gasteiger partial charge in [-0.3, -0.25) is 0 Å². The minimum atomic E-state index is -0.221. The standard InChI is InChI=1S/C13H19NO2/c1-3-14(13(15)16-4-2)11-10-12-8-6-5-7-9-12/h5-9H,3-4,10-11H2,1-2H3. The third-order valence-electron chi connectivity index (χ3n) is 2.42. The molecule has 0 heterocycles. The van der Waals surface area contributed by atoms with Crippen LogP contribution in [0.25, 0.3) is 0 Å². The highest BCUT2D eigenvalue weighted by Crippen LogP contribution is 2.02. The third kappa shape index (κ3) is 3.93. The zero-order valence-corrected chi connectivity index (χ0v) is 9.98. The van der Waals surface area contributed by atoms with E-state index in [9.17, 15) is 4.79 Å². The number of carbonyl (C=O) groups excluding carboxylic acids is 1. The molecule has 0 aliphatic rings. The van der Waals surface area contributed by atoms with E-state index in [1.165, 1.54) is 5.56 Å². The summed E-state index contributed by atoms with van der Waals surface area (Å²) >= 11 is 0. The van der Waals surface area contributed by atoms with E-state index in [-0.39, 0.29) is 6.09 Å². The van der Waals surface area contributed by atoms with Gasteiger partial charge in [0, 0.05) is 13.1 Å². The highest BCUT2D eigenvalue weighted by atomic mass is 16.6. The summed E-state index contributed by atoms with van der Waals surface area (Å²) in [5.74, 6) is 0. The molecular formula is C13H19NO2. The van der Waals surface area contributed by atoms with Gasteiger partial charge in [-0.1, -0.05) is 30.3 Å². The molecule has 3 nitrogen and oxygen atoms in total. The van der Waals surface area contributed by atoms with Crippen LogP contribution in [0.1, 0.15) is 19.4 Å². The predicted molar refractivity (Wildman–Crippen MR) is 64.4 cm³/mol. The summed E-state index contributed by atoms with van der Waals surface area (Å²) in [5.41, 5.74) is 1.24. The topological polar surface area (TPSA) is 29.5 Å². The molecule has 0 aromatic heterocycles. The number of amides is 1. The van der Waals surface area contributed by atoms with Gasteiger partial charge in [0.1, 0.15) is 0 Å². The number of likely N-dealkylation sites (N-methyl/N-ethyl adjacent to an activating group) is 1.